The lowest BCUT2D eigenvalue weighted by atomic mass is 10.1. The Morgan fingerprint density at radius 3 is 2.05 bits per heavy atom. The predicted molar refractivity (Wildman–Crippen MR) is 78.2 cm³/mol. The molecule has 21 heavy (non-hydrogen) atoms. The molecule has 0 aliphatic rings. The molecule has 2 rings (SSSR count). The van der Waals surface area contributed by atoms with Crippen molar-refractivity contribution in [3.05, 3.63) is 66.2 Å². The van der Waals surface area contributed by atoms with Crippen molar-refractivity contribution < 1.29 is 18.3 Å². The number of carboxylic acid groups (broad SMARTS) is 1. The van der Waals surface area contributed by atoms with Gasteiger partial charge in [-0.3, -0.25) is 4.79 Å². The Hall–Kier alpha value is -2.18. The first-order valence-electron chi connectivity index (χ1n) is 6.33. The Balaban J connectivity index is 2.29. The third kappa shape index (κ3) is 4.14. The van der Waals surface area contributed by atoms with E-state index >= 15 is 0 Å². The lowest BCUT2D eigenvalue weighted by molar-refractivity contribution is -0.137. The van der Waals surface area contributed by atoms with Crippen LogP contribution in [0.5, 0.6) is 0 Å². The van der Waals surface area contributed by atoms with E-state index in [0.29, 0.717) is 5.56 Å². The highest BCUT2D eigenvalue weighted by Gasteiger charge is 2.23. The van der Waals surface area contributed by atoms with Gasteiger partial charge in [0.25, 0.3) is 0 Å². The van der Waals surface area contributed by atoms with Crippen molar-refractivity contribution in [2.24, 2.45) is 0 Å². The van der Waals surface area contributed by atoms with Crippen molar-refractivity contribution in [1.29, 1.82) is 0 Å². The number of benzene rings is 2. The fraction of sp³-hybridized carbons (Fsp3) is 0.133. The minimum Gasteiger partial charge on any atom is -0.481 e. The molecule has 0 aliphatic heterocycles. The first kappa shape index (κ1) is 15.2. The van der Waals surface area contributed by atoms with Gasteiger partial charge in [0.1, 0.15) is 0 Å². The molecule has 0 unspecified atom stereocenters. The van der Waals surface area contributed by atoms with Gasteiger partial charge in [-0.2, -0.15) is 0 Å². The molecule has 0 saturated heterocycles. The van der Waals surface area contributed by atoms with Crippen molar-refractivity contribution in [3.63, 3.8) is 0 Å². The summed E-state index contributed by atoms with van der Waals surface area (Å²) in [4.78, 5) is 11.1. The second kappa shape index (κ2) is 6.51. The third-order valence-corrected chi connectivity index (χ3v) is 4.42. The summed E-state index contributed by atoms with van der Waals surface area (Å²) in [6.45, 7) is 0. The molecule has 6 heteroatoms. The molecule has 2 aromatic carbocycles. The fourth-order valence-corrected chi connectivity index (χ4v) is 3.19. The number of nitrogens with one attached hydrogen (secondary N) is 1. The van der Waals surface area contributed by atoms with Crippen LogP contribution < -0.4 is 4.72 Å². The molecule has 1 atom stereocenters. The number of rotatable bonds is 6. The maximum Gasteiger partial charge on any atom is 0.305 e. The van der Waals surface area contributed by atoms with Crippen LogP contribution in [0.1, 0.15) is 18.0 Å². The van der Waals surface area contributed by atoms with Crippen molar-refractivity contribution in [2.45, 2.75) is 17.4 Å². The van der Waals surface area contributed by atoms with Crippen LogP contribution in [0.4, 0.5) is 0 Å². The van der Waals surface area contributed by atoms with Gasteiger partial charge >= 0.3 is 5.97 Å². The molecule has 5 nitrogen and oxygen atoms in total. The Kier molecular flexibility index (Phi) is 4.72. The summed E-state index contributed by atoms with van der Waals surface area (Å²) in [5, 5.41) is 8.98. The average Bonchev–Trinajstić information content (AvgIpc) is 2.48. The summed E-state index contributed by atoms with van der Waals surface area (Å²) in [6, 6.07) is 15.7. The van der Waals surface area contributed by atoms with E-state index in [9.17, 15) is 13.2 Å². The second-order valence-electron chi connectivity index (χ2n) is 4.50. The summed E-state index contributed by atoms with van der Waals surface area (Å²) in [7, 11) is -3.77. The molecule has 0 radical (unpaired) electrons. The Morgan fingerprint density at radius 1 is 1.00 bits per heavy atom. The van der Waals surface area contributed by atoms with Crippen LogP contribution in [0.25, 0.3) is 0 Å². The number of aliphatic carboxylic acids is 1. The van der Waals surface area contributed by atoms with Crippen LogP contribution in [-0.4, -0.2) is 19.5 Å². The zero-order chi connectivity index (χ0) is 15.3. The monoisotopic (exact) mass is 305 g/mol. The van der Waals surface area contributed by atoms with E-state index in [4.69, 9.17) is 5.11 Å². The summed E-state index contributed by atoms with van der Waals surface area (Å²) in [5.74, 6) is -1.07. The molecule has 0 spiro atoms. The fourth-order valence-electron chi connectivity index (χ4n) is 1.94. The molecule has 0 fully saturated rings. The molecule has 2 aromatic rings. The van der Waals surface area contributed by atoms with Crippen LogP contribution in [0.2, 0.25) is 0 Å². The standard InChI is InChI=1S/C15H15NO4S/c17-15(18)11-14(12-7-3-1-4-8-12)16-21(19,20)13-9-5-2-6-10-13/h1-10,14,16H,11H2,(H,17,18)/t14-/m1/s1. The zero-order valence-electron chi connectivity index (χ0n) is 11.1. The molecule has 0 amide bonds. The Bertz CT molecular complexity index is 699. The van der Waals surface area contributed by atoms with Gasteiger partial charge in [0, 0.05) is 0 Å². The van der Waals surface area contributed by atoms with Crippen molar-refractivity contribution in [3.8, 4) is 0 Å². The predicted octanol–water partition coefficient (Wildman–Crippen LogP) is 2.18. The highest BCUT2D eigenvalue weighted by molar-refractivity contribution is 7.89. The highest BCUT2D eigenvalue weighted by Crippen LogP contribution is 2.20. The number of hydrogen-bond donors (Lipinski definition) is 2. The molecule has 110 valence electrons. The first-order chi connectivity index (χ1) is 9.99. The van der Waals surface area contributed by atoms with E-state index in [0.717, 1.165) is 0 Å². The minimum atomic E-state index is -3.77. The topological polar surface area (TPSA) is 83.5 Å². The summed E-state index contributed by atoms with van der Waals surface area (Å²) >= 11 is 0. The van der Waals surface area contributed by atoms with Gasteiger partial charge in [-0.25, -0.2) is 13.1 Å². The van der Waals surface area contributed by atoms with Gasteiger partial charge in [0.15, 0.2) is 0 Å². The van der Waals surface area contributed by atoms with E-state index < -0.39 is 22.0 Å². The van der Waals surface area contributed by atoms with E-state index in [1.807, 2.05) is 0 Å². The van der Waals surface area contributed by atoms with Crippen LogP contribution in [0.15, 0.2) is 65.6 Å². The van der Waals surface area contributed by atoms with Crippen molar-refractivity contribution >= 4 is 16.0 Å². The molecule has 0 saturated carbocycles. The second-order valence-corrected chi connectivity index (χ2v) is 6.21. The SMILES string of the molecule is O=C(O)C[C@@H](NS(=O)(=O)c1ccccc1)c1ccccc1. The molecule has 0 heterocycles. The maximum atomic E-state index is 12.3. The number of carbonyl (C=O) groups is 1. The molecular weight excluding hydrogens is 290 g/mol. The van der Waals surface area contributed by atoms with E-state index in [1.165, 1.54) is 12.1 Å². The van der Waals surface area contributed by atoms with E-state index in [-0.39, 0.29) is 11.3 Å². The summed E-state index contributed by atoms with van der Waals surface area (Å²) < 4.78 is 27.0. The van der Waals surface area contributed by atoms with Gasteiger partial charge < -0.3 is 5.11 Å². The van der Waals surface area contributed by atoms with Gasteiger partial charge in [0.05, 0.1) is 17.4 Å². The Morgan fingerprint density at radius 2 is 1.52 bits per heavy atom. The molecule has 0 bridgehead atoms. The summed E-state index contributed by atoms with van der Waals surface area (Å²) in [5.41, 5.74) is 0.611. The van der Waals surface area contributed by atoms with Crippen LogP contribution in [0, 0.1) is 0 Å². The minimum absolute atomic E-state index is 0.108. The van der Waals surface area contributed by atoms with Gasteiger partial charge in [-0.05, 0) is 17.7 Å². The van der Waals surface area contributed by atoms with Crippen molar-refractivity contribution in [2.75, 3.05) is 0 Å². The zero-order valence-corrected chi connectivity index (χ0v) is 12.0. The highest BCUT2D eigenvalue weighted by atomic mass is 32.2. The lowest BCUT2D eigenvalue weighted by Crippen LogP contribution is -2.30. The van der Waals surface area contributed by atoms with E-state index in [1.54, 1.807) is 48.5 Å². The maximum absolute atomic E-state index is 12.3. The first-order valence-corrected chi connectivity index (χ1v) is 7.81. The third-order valence-electron chi connectivity index (χ3n) is 2.93. The smallest absolute Gasteiger partial charge is 0.305 e. The number of sulfonamides is 1. The van der Waals surface area contributed by atoms with Crippen molar-refractivity contribution in [1.82, 2.24) is 4.72 Å². The van der Waals surface area contributed by atoms with E-state index in [2.05, 4.69) is 4.72 Å². The van der Waals surface area contributed by atoms with Gasteiger partial charge in [-0.1, -0.05) is 48.5 Å². The molecular formula is C15H15NO4S. The quantitative estimate of drug-likeness (QED) is 0.857. The average molecular weight is 305 g/mol. The molecule has 2 N–H and O–H groups in total. The van der Waals surface area contributed by atoms with Crippen LogP contribution in [0.3, 0.4) is 0 Å². The van der Waals surface area contributed by atoms with Crippen LogP contribution in [-0.2, 0) is 14.8 Å². The van der Waals surface area contributed by atoms with Crippen LogP contribution >= 0.6 is 0 Å². The molecule has 0 aromatic heterocycles. The lowest BCUT2D eigenvalue weighted by Gasteiger charge is -2.17. The normalized spacial score (nSPS) is 12.8. The number of hydrogen-bond acceptors (Lipinski definition) is 3. The van der Waals surface area contributed by atoms with Gasteiger partial charge in [-0.15, -0.1) is 0 Å². The Labute approximate surface area is 123 Å². The summed E-state index contributed by atoms with van der Waals surface area (Å²) in [6.07, 6.45) is -0.323. The van der Waals surface area contributed by atoms with Gasteiger partial charge in [0.2, 0.25) is 10.0 Å². The largest absolute Gasteiger partial charge is 0.481 e. The number of carboxylic acids is 1. The molecule has 0 aliphatic carbocycles.